The van der Waals surface area contributed by atoms with Crippen molar-refractivity contribution in [1.82, 2.24) is 0 Å². The zero-order valence-electron chi connectivity index (χ0n) is 8.64. The van der Waals surface area contributed by atoms with Gasteiger partial charge in [-0.3, -0.25) is 0 Å². The van der Waals surface area contributed by atoms with Gasteiger partial charge in [-0.05, 0) is 24.1 Å². The van der Waals surface area contributed by atoms with E-state index in [-0.39, 0.29) is 24.2 Å². The summed E-state index contributed by atoms with van der Waals surface area (Å²) in [5, 5.41) is 9.36. The standard InChI is InChI=1S/C11H15NO2.ClH/c1-3-4-9(12)8-5-6-10(13)11(7-8)14-2;/h3,5-7,9,13H,1,4,12H2,2H3;1H/t9-;/m1./s1. The average molecular weight is 230 g/mol. The van der Waals surface area contributed by atoms with E-state index in [0.29, 0.717) is 12.2 Å². The number of rotatable bonds is 4. The zero-order valence-corrected chi connectivity index (χ0v) is 9.46. The molecule has 0 aliphatic rings. The van der Waals surface area contributed by atoms with Crippen LogP contribution in [0.15, 0.2) is 30.9 Å². The minimum absolute atomic E-state index is 0. The van der Waals surface area contributed by atoms with Gasteiger partial charge in [-0.25, -0.2) is 0 Å². The second kappa shape index (κ2) is 6.32. The fourth-order valence-electron chi connectivity index (χ4n) is 1.24. The van der Waals surface area contributed by atoms with Gasteiger partial charge in [0.1, 0.15) is 0 Å². The van der Waals surface area contributed by atoms with E-state index >= 15 is 0 Å². The second-order valence-electron chi connectivity index (χ2n) is 3.06. The number of benzene rings is 1. The summed E-state index contributed by atoms with van der Waals surface area (Å²) in [4.78, 5) is 0. The average Bonchev–Trinajstić information content (AvgIpc) is 2.19. The second-order valence-corrected chi connectivity index (χ2v) is 3.06. The maximum absolute atomic E-state index is 9.36. The molecule has 0 aromatic heterocycles. The summed E-state index contributed by atoms with van der Waals surface area (Å²) in [6, 6.07) is 5.01. The summed E-state index contributed by atoms with van der Waals surface area (Å²) in [7, 11) is 1.51. The predicted molar refractivity (Wildman–Crippen MR) is 63.6 cm³/mol. The molecule has 1 aromatic rings. The Kier molecular flexibility index (Phi) is 5.82. The molecule has 0 heterocycles. The van der Waals surface area contributed by atoms with Gasteiger partial charge in [-0.2, -0.15) is 0 Å². The number of hydrogen-bond donors (Lipinski definition) is 2. The van der Waals surface area contributed by atoms with E-state index in [1.54, 1.807) is 24.3 Å². The minimum atomic E-state index is -0.0954. The minimum Gasteiger partial charge on any atom is -0.504 e. The van der Waals surface area contributed by atoms with Gasteiger partial charge in [0.2, 0.25) is 0 Å². The van der Waals surface area contributed by atoms with Crippen LogP contribution in [0.4, 0.5) is 0 Å². The molecule has 4 heteroatoms. The first-order valence-electron chi connectivity index (χ1n) is 4.42. The van der Waals surface area contributed by atoms with Crippen LogP contribution in [0.1, 0.15) is 18.0 Å². The van der Waals surface area contributed by atoms with Gasteiger partial charge >= 0.3 is 0 Å². The fraction of sp³-hybridized carbons (Fsp3) is 0.273. The van der Waals surface area contributed by atoms with Crippen LogP contribution in [0, 0.1) is 0 Å². The Hall–Kier alpha value is -1.19. The van der Waals surface area contributed by atoms with Gasteiger partial charge < -0.3 is 15.6 Å². The molecule has 1 aromatic carbocycles. The highest BCUT2D eigenvalue weighted by atomic mass is 35.5. The van der Waals surface area contributed by atoms with Gasteiger partial charge in [0.05, 0.1) is 7.11 Å². The molecule has 0 bridgehead atoms. The van der Waals surface area contributed by atoms with Crippen molar-refractivity contribution in [3.63, 3.8) is 0 Å². The van der Waals surface area contributed by atoms with Gasteiger partial charge in [-0.15, -0.1) is 19.0 Å². The number of ether oxygens (including phenoxy) is 1. The van der Waals surface area contributed by atoms with Crippen LogP contribution in [-0.2, 0) is 0 Å². The lowest BCUT2D eigenvalue weighted by atomic mass is 10.0. The Labute approximate surface area is 96.0 Å². The van der Waals surface area contributed by atoms with Crippen molar-refractivity contribution in [3.05, 3.63) is 36.4 Å². The summed E-state index contributed by atoms with van der Waals surface area (Å²) in [6.07, 6.45) is 2.47. The van der Waals surface area contributed by atoms with E-state index < -0.39 is 0 Å². The third-order valence-corrected chi connectivity index (χ3v) is 2.05. The van der Waals surface area contributed by atoms with Crippen LogP contribution in [0.3, 0.4) is 0 Å². The normalized spacial score (nSPS) is 11.3. The molecule has 1 rings (SSSR count). The van der Waals surface area contributed by atoms with Crippen LogP contribution in [-0.4, -0.2) is 12.2 Å². The molecule has 0 unspecified atom stereocenters. The molecule has 0 saturated heterocycles. The first-order valence-corrected chi connectivity index (χ1v) is 4.42. The molecule has 0 spiro atoms. The third-order valence-electron chi connectivity index (χ3n) is 2.05. The molecular weight excluding hydrogens is 214 g/mol. The van der Waals surface area contributed by atoms with Gasteiger partial charge in [0.15, 0.2) is 11.5 Å². The summed E-state index contributed by atoms with van der Waals surface area (Å²) >= 11 is 0. The van der Waals surface area contributed by atoms with E-state index in [1.807, 2.05) is 0 Å². The Bertz CT molecular complexity index is 328. The highest BCUT2D eigenvalue weighted by Crippen LogP contribution is 2.29. The van der Waals surface area contributed by atoms with Crippen molar-refractivity contribution >= 4 is 12.4 Å². The van der Waals surface area contributed by atoms with Crippen molar-refractivity contribution in [2.75, 3.05) is 7.11 Å². The third kappa shape index (κ3) is 3.46. The summed E-state index contributed by atoms with van der Waals surface area (Å²) in [5.41, 5.74) is 6.80. The lowest BCUT2D eigenvalue weighted by Gasteiger charge is -2.11. The van der Waals surface area contributed by atoms with Crippen LogP contribution in [0.5, 0.6) is 11.5 Å². The molecule has 3 N–H and O–H groups in total. The maximum atomic E-state index is 9.36. The van der Waals surface area contributed by atoms with Crippen LogP contribution < -0.4 is 10.5 Å². The molecule has 84 valence electrons. The SMILES string of the molecule is C=CC[C@@H](N)c1ccc(O)c(OC)c1.Cl. The number of hydrogen-bond acceptors (Lipinski definition) is 3. The lowest BCUT2D eigenvalue weighted by Crippen LogP contribution is -2.08. The Morgan fingerprint density at radius 1 is 1.60 bits per heavy atom. The van der Waals surface area contributed by atoms with E-state index in [2.05, 4.69) is 6.58 Å². The number of phenolic OH excluding ortho intramolecular Hbond substituents is 1. The highest BCUT2D eigenvalue weighted by molar-refractivity contribution is 5.85. The number of nitrogens with two attached hydrogens (primary N) is 1. The van der Waals surface area contributed by atoms with Crippen molar-refractivity contribution in [2.45, 2.75) is 12.5 Å². The molecule has 3 nitrogen and oxygen atoms in total. The van der Waals surface area contributed by atoms with Crippen LogP contribution in [0.2, 0.25) is 0 Å². The number of phenols is 1. The maximum Gasteiger partial charge on any atom is 0.160 e. The largest absolute Gasteiger partial charge is 0.504 e. The molecule has 0 aliphatic carbocycles. The first kappa shape index (κ1) is 13.8. The van der Waals surface area contributed by atoms with Crippen molar-refractivity contribution in [1.29, 1.82) is 0 Å². The molecule has 0 saturated carbocycles. The topological polar surface area (TPSA) is 55.5 Å². The van der Waals surface area contributed by atoms with E-state index in [0.717, 1.165) is 5.56 Å². The molecule has 0 amide bonds. The fourth-order valence-corrected chi connectivity index (χ4v) is 1.24. The molecule has 0 radical (unpaired) electrons. The van der Waals surface area contributed by atoms with Crippen LogP contribution >= 0.6 is 12.4 Å². The highest BCUT2D eigenvalue weighted by Gasteiger charge is 2.07. The van der Waals surface area contributed by atoms with Crippen molar-refractivity contribution in [2.24, 2.45) is 5.73 Å². The monoisotopic (exact) mass is 229 g/mol. The van der Waals surface area contributed by atoms with Crippen molar-refractivity contribution < 1.29 is 9.84 Å². The van der Waals surface area contributed by atoms with Gasteiger partial charge in [-0.1, -0.05) is 12.1 Å². The summed E-state index contributed by atoms with van der Waals surface area (Å²) in [5.74, 6) is 0.573. The quantitative estimate of drug-likeness (QED) is 0.780. The smallest absolute Gasteiger partial charge is 0.160 e. The van der Waals surface area contributed by atoms with E-state index in [4.69, 9.17) is 10.5 Å². The summed E-state index contributed by atoms with van der Waals surface area (Å²) < 4.78 is 4.98. The lowest BCUT2D eigenvalue weighted by molar-refractivity contribution is 0.372. The van der Waals surface area contributed by atoms with Crippen LogP contribution in [0.25, 0.3) is 0 Å². The number of halogens is 1. The summed E-state index contributed by atoms with van der Waals surface area (Å²) in [6.45, 7) is 3.63. The molecular formula is C11H16ClNO2. The molecule has 0 aliphatic heterocycles. The Balaban J connectivity index is 0.00000196. The molecule has 1 atom stereocenters. The van der Waals surface area contributed by atoms with Crippen molar-refractivity contribution in [3.8, 4) is 11.5 Å². The van der Waals surface area contributed by atoms with E-state index in [9.17, 15) is 5.11 Å². The Morgan fingerprint density at radius 2 is 2.27 bits per heavy atom. The van der Waals surface area contributed by atoms with Gasteiger partial charge in [0.25, 0.3) is 0 Å². The molecule has 15 heavy (non-hydrogen) atoms. The number of methoxy groups -OCH3 is 1. The Morgan fingerprint density at radius 3 is 2.80 bits per heavy atom. The predicted octanol–water partition coefficient (Wildman–Crippen LogP) is 2.40. The number of aromatic hydroxyl groups is 1. The zero-order chi connectivity index (χ0) is 10.6. The first-order chi connectivity index (χ1) is 6.69. The van der Waals surface area contributed by atoms with E-state index in [1.165, 1.54) is 7.11 Å². The molecule has 0 fully saturated rings. The van der Waals surface area contributed by atoms with Gasteiger partial charge in [0, 0.05) is 6.04 Å².